The zero-order valence-electron chi connectivity index (χ0n) is 24.7. The maximum Gasteiger partial charge on any atom is 0.264 e. The van der Waals surface area contributed by atoms with Crippen molar-refractivity contribution in [2.24, 2.45) is 0 Å². The fraction of sp³-hybridized carbons (Fsp3) is 0.394. The Labute approximate surface area is 253 Å². The summed E-state index contributed by atoms with van der Waals surface area (Å²) in [4.78, 5) is 28.8. The minimum atomic E-state index is -4.26. The number of nitrogens with zero attached hydrogens (tertiary/aromatic N) is 2. The van der Waals surface area contributed by atoms with E-state index in [4.69, 9.17) is 4.74 Å². The van der Waals surface area contributed by atoms with E-state index in [2.05, 4.69) is 5.32 Å². The number of anilines is 1. The van der Waals surface area contributed by atoms with Crippen LogP contribution < -0.4 is 14.4 Å². The number of hydrogen-bond acceptors (Lipinski definition) is 5. The van der Waals surface area contributed by atoms with Gasteiger partial charge in [0, 0.05) is 12.6 Å². The van der Waals surface area contributed by atoms with Crippen LogP contribution in [0, 0.1) is 5.82 Å². The first-order valence-corrected chi connectivity index (χ1v) is 16.3. The molecule has 4 rings (SSSR count). The van der Waals surface area contributed by atoms with E-state index >= 15 is 0 Å². The molecule has 1 saturated carbocycles. The van der Waals surface area contributed by atoms with Crippen molar-refractivity contribution in [1.82, 2.24) is 10.2 Å². The summed E-state index contributed by atoms with van der Waals surface area (Å²) in [5.41, 5.74) is 1.11. The van der Waals surface area contributed by atoms with Crippen LogP contribution in [0.4, 0.5) is 10.1 Å². The molecular formula is C33H40FN3O5S. The lowest BCUT2D eigenvalue weighted by Crippen LogP contribution is -2.53. The van der Waals surface area contributed by atoms with Crippen LogP contribution in [0.1, 0.15) is 51.5 Å². The molecule has 0 aromatic heterocycles. The summed E-state index contributed by atoms with van der Waals surface area (Å²) in [7, 11) is -4.26. The van der Waals surface area contributed by atoms with Crippen LogP contribution >= 0.6 is 0 Å². The highest BCUT2D eigenvalue weighted by molar-refractivity contribution is 7.92. The first kappa shape index (κ1) is 32.0. The van der Waals surface area contributed by atoms with Gasteiger partial charge < -0.3 is 15.0 Å². The van der Waals surface area contributed by atoms with Gasteiger partial charge in [-0.3, -0.25) is 13.9 Å². The van der Waals surface area contributed by atoms with E-state index in [1.807, 2.05) is 37.3 Å². The Bertz CT molecular complexity index is 1440. The van der Waals surface area contributed by atoms with Gasteiger partial charge in [0.1, 0.15) is 24.2 Å². The SMILES string of the molecule is CCOc1ccc(S(=O)(=O)N(CC(=O)N(CCc2ccccc2)[C@H](C)C(=O)NC2CCCCC2)c2ccc(F)cc2)cc1. The van der Waals surface area contributed by atoms with Gasteiger partial charge in [-0.15, -0.1) is 0 Å². The third kappa shape index (κ3) is 8.56. The van der Waals surface area contributed by atoms with Crippen molar-refractivity contribution >= 4 is 27.5 Å². The zero-order chi connectivity index (χ0) is 30.8. The molecule has 1 aliphatic rings. The Morgan fingerprint density at radius 3 is 2.23 bits per heavy atom. The average molecular weight is 610 g/mol. The van der Waals surface area contributed by atoms with Gasteiger partial charge in [0.05, 0.1) is 17.2 Å². The third-order valence-electron chi connectivity index (χ3n) is 7.72. The summed E-state index contributed by atoms with van der Waals surface area (Å²) in [5, 5.41) is 3.10. The number of ether oxygens (including phenoxy) is 1. The lowest BCUT2D eigenvalue weighted by molar-refractivity contribution is -0.139. The number of carbonyl (C=O) groups excluding carboxylic acids is 2. The van der Waals surface area contributed by atoms with Crippen molar-refractivity contribution in [1.29, 1.82) is 0 Å². The molecule has 43 heavy (non-hydrogen) atoms. The highest BCUT2D eigenvalue weighted by atomic mass is 32.2. The van der Waals surface area contributed by atoms with Crippen molar-refractivity contribution in [3.8, 4) is 5.75 Å². The summed E-state index contributed by atoms with van der Waals surface area (Å²) in [6.07, 6.45) is 5.52. The molecule has 1 atom stereocenters. The fourth-order valence-corrected chi connectivity index (χ4v) is 6.69. The number of hydrogen-bond donors (Lipinski definition) is 1. The molecule has 0 heterocycles. The predicted molar refractivity (Wildman–Crippen MR) is 165 cm³/mol. The normalized spacial score (nSPS) is 14.5. The molecule has 1 fully saturated rings. The molecule has 0 aliphatic heterocycles. The number of rotatable bonds is 13. The lowest BCUT2D eigenvalue weighted by atomic mass is 9.95. The van der Waals surface area contributed by atoms with E-state index in [1.54, 1.807) is 19.1 Å². The monoisotopic (exact) mass is 609 g/mol. The second-order valence-corrected chi connectivity index (χ2v) is 12.6. The molecule has 230 valence electrons. The fourth-order valence-electron chi connectivity index (χ4n) is 5.28. The van der Waals surface area contributed by atoms with Crippen LogP contribution in [-0.4, -0.2) is 56.9 Å². The second-order valence-electron chi connectivity index (χ2n) is 10.7. The van der Waals surface area contributed by atoms with Gasteiger partial charge in [0.2, 0.25) is 11.8 Å². The molecule has 0 saturated heterocycles. The van der Waals surface area contributed by atoms with E-state index in [-0.39, 0.29) is 29.1 Å². The third-order valence-corrected chi connectivity index (χ3v) is 9.51. The molecule has 10 heteroatoms. The van der Waals surface area contributed by atoms with Crippen molar-refractivity contribution in [3.05, 3.63) is 90.2 Å². The van der Waals surface area contributed by atoms with Crippen molar-refractivity contribution in [2.75, 3.05) is 24.0 Å². The van der Waals surface area contributed by atoms with E-state index < -0.39 is 34.3 Å². The minimum Gasteiger partial charge on any atom is -0.494 e. The molecule has 1 N–H and O–H groups in total. The van der Waals surface area contributed by atoms with Gasteiger partial charge in [0.25, 0.3) is 10.0 Å². The Morgan fingerprint density at radius 1 is 0.953 bits per heavy atom. The van der Waals surface area contributed by atoms with E-state index in [9.17, 15) is 22.4 Å². The molecule has 3 aromatic carbocycles. The van der Waals surface area contributed by atoms with Gasteiger partial charge in [-0.05, 0) is 87.2 Å². The zero-order valence-corrected chi connectivity index (χ0v) is 25.6. The summed E-state index contributed by atoms with van der Waals surface area (Å²) in [6.45, 7) is 3.56. The second kappa shape index (κ2) is 15.0. The quantitative estimate of drug-likeness (QED) is 0.283. The summed E-state index contributed by atoms with van der Waals surface area (Å²) in [6, 6.07) is 19.7. The first-order chi connectivity index (χ1) is 20.7. The van der Waals surface area contributed by atoms with Crippen molar-refractivity contribution in [2.45, 2.75) is 69.4 Å². The number of nitrogens with one attached hydrogen (secondary N) is 1. The summed E-state index contributed by atoms with van der Waals surface area (Å²) < 4.78 is 48.1. The smallest absolute Gasteiger partial charge is 0.264 e. The highest BCUT2D eigenvalue weighted by Crippen LogP contribution is 2.26. The maximum atomic E-state index is 14.0. The van der Waals surface area contributed by atoms with E-state index in [1.165, 1.54) is 29.2 Å². The van der Waals surface area contributed by atoms with Crippen molar-refractivity contribution in [3.63, 3.8) is 0 Å². The Kier molecular flexibility index (Phi) is 11.2. The van der Waals surface area contributed by atoms with Gasteiger partial charge >= 0.3 is 0 Å². The van der Waals surface area contributed by atoms with Crippen LogP contribution in [0.15, 0.2) is 83.8 Å². The van der Waals surface area contributed by atoms with E-state index in [0.29, 0.717) is 18.8 Å². The summed E-state index contributed by atoms with van der Waals surface area (Å²) in [5.74, 6) is -0.834. The van der Waals surface area contributed by atoms with Gasteiger partial charge in [0.15, 0.2) is 0 Å². The molecule has 0 bridgehead atoms. The molecule has 0 unspecified atom stereocenters. The topological polar surface area (TPSA) is 96.0 Å². The molecule has 0 spiro atoms. The van der Waals surface area contributed by atoms with Gasteiger partial charge in [-0.1, -0.05) is 49.6 Å². The Morgan fingerprint density at radius 2 is 1.60 bits per heavy atom. The standard InChI is InChI=1S/C33H40FN3O5S/c1-3-42-30-18-20-31(21-19-30)43(40,41)37(29-16-14-27(34)15-17-29)24-32(38)36(23-22-26-10-6-4-7-11-26)25(2)33(39)35-28-12-8-5-9-13-28/h4,6-7,10-11,14-21,25,28H,3,5,8-9,12-13,22-24H2,1-2H3,(H,35,39)/t25-/m1/s1. The molecular weight excluding hydrogens is 569 g/mol. The number of halogens is 1. The lowest BCUT2D eigenvalue weighted by Gasteiger charge is -2.33. The Balaban J connectivity index is 1.63. The van der Waals surface area contributed by atoms with Crippen molar-refractivity contribution < 1.29 is 27.1 Å². The predicted octanol–water partition coefficient (Wildman–Crippen LogP) is 5.33. The average Bonchev–Trinajstić information content (AvgIpc) is 3.02. The maximum absolute atomic E-state index is 14.0. The molecule has 0 radical (unpaired) electrons. The van der Waals surface area contributed by atoms with Gasteiger partial charge in [-0.25, -0.2) is 12.8 Å². The summed E-state index contributed by atoms with van der Waals surface area (Å²) >= 11 is 0. The Hall–Kier alpha value is -3.92. The molecule has 2 amide bonds. The largest absolute Gasteiger partial charge is 0.494 e. The van der Waals surface area contributed by atoms with E-state index in [0.717, 1.165) is 54.1 Å². The molecule has 3 aromatic rings. The molecule has 8 nitrogen and oxygen atoms in total. The van der Waals surface area contributed by atoms with Gasteiger partial charge in [-0.2, -0.15) is 0 Å². The highest BCUT2D eigenvalue weighted by Gasteiger charge is 2.33. The number of sulfonamides is 1. The van der Waals surface area contributed by atoms with Crippen LogP contribution in [0.5, 0.6) is 5.75 Å². The number of carbonyl (C=O) groups is 2. The number of amides is 2. The van der Waals surface area contributed by atoms with Crippen LogP contribution in [-0.2, 0) is 26.0 Å². The van der Waals surface area contributed by atoms with Crippen LogP contribution in [0.2, 0.25) is 0 Å². The molecule has 1 aliphatic carbocycles. The number of benzene rings is 3. The van der Waals surface area contributed by atoms with Crippen LogP contribution in [0.3, 0.4) is 0 Å². The van der Waals surface area contributed by atoms with Crippen LogP contribution in [0.25, 0.3) is 0 Å². The first-order valence-electron chi connectivity index (χ1n) is 14.8. The minimum absolute atomic E-state index is 0.0491.